The molecular formula is C8H10BrNO2. The molecule has 0 aliphatic rings. The van der Waals surface area contributed by atoms with Crippen molar-refractivity contribution in [3.8, 4) is 11.5 Å². The minimum Gasteiger partial charge on any atom is -0.497 e. The highest BCUT2D eigenvalue weighted by molar-refractivity contribution is 9.10. The Balaban J connectivity index is 3.02. The molecule has 0 saturated carbocycles. The van der Waals surface area contributed by atoms with E-state index in [9.17, 15) is 0 Å². The smallest absolute Gasteiger partial charge is 0.146 e. The van der Waals surface area contributed by atoms with Crippen molar-refractivity contribution in [1.82, 2.24) is 0 Å². The Kier molecular flexibility index (Phi) is 3.22. The molecule has 0 saturated heterocycles. The van der Waals surface area contributed by atoms with Gasteiger partial charge in [0, 0.05) is 22.2 Å². The van der Waals surface area contributed by atoms with Gasteiger partial charge in [0.2, 0.25) is 0 Å². The summed E-state index contributed by atoms with van der Waals surface area (Å²) >= 11 is 3.12. The number of benzene rings is 1. The molecule has 0 bridgehead atoms. The third-order valence-electron chi connectivity index (χ3n) is 1.51. The largest absolute Gasteiger partial charge is 0.497 e. The van der Waals surface area contributed by atoms with Crippen molar-refractivity contribution >= 4 is 21.8 Å². The van der Waals surface area contributed by atoms with Crippen LogP contribution in [0.5, 0.6) is 11.5 Å². The Labute approximate surface area is 80.0 Å². The van der Waals surface area contributed by atoms with Gasteiger partial charge >= 0.3 is 0 Å². The van der Waals surface area contributed by atoms with Gasteiger partial charge in [-0.25, -0.2) is 0 Å². The molecule has 0 aliphatic carbocycles. The molecule has 3 nitrogen and oxygen atoms in total. The summed E-state index contributed by atoms with van der Waals surface area (Å²) in [7, 11) is 3.23. The lowest BCUT2D eigenvalue weighted by molar-refractivity contribution is 0.396. The van der Waals surface area contributed by atoms with Crippen molar-refractivity contribution in [3.05, 3.63) is 18.2 Å². The van der Waals surface area contributed by atoms with E-state index in [1.165, 1.54) is 0 Å². The molecule has 1 aromatic rings. The number of anilines is 1. The Morgan fingerprint density at radius 2 is 2.00 bits per heavy atom. The highest BCUT2D eigenvalue weighted by Crippen LogP contribution is 2.29. The standard InChI is InChI=1S/C8H10BrNO2/c1-11-6-3-4-7(10-9)8(5-6)12-2/h3-5,10H,1-2H3. The molecule has 0 unspecified atom stereocenters. The third kappa shape index (κ3) is 1.82. The summed E-state index contributed by atoms with van der Waals surface area (Å²) in [6.07, 6.45) is 0. The molecule has 0 amide bonds. The fraction of sp³-hybridized carbons (Fsp3) is 0.250. The fourth-order valence-electron chi connectivity index (χ4n) is 0.877. The second kappa shape index (κ2) is 4.21. The van der Waals surface area contributed by atoms with Crippen LogP contribution in [-0.4, -0.2) is 14.2 Å². The van der Waals surface area contributed by atoms with Crippen LogP contribution < -0.4 is 13.8 Å². The first-order valence-electron chi connectivity index (χ1n) is 3.40. The van der Waals surface area contributed by atoms with Crippen molar-refractivity contribution in [1.29, 1.82) is 0 Å². The first-order chi connectivity index (χ1) is 5.81. The summed E-state index contributed by atoms with van der Waals surface area (Å²) in [6.45, 7) is 0. The molecule has 1 rings (SSSR count). The van der Waals surface area contributed by atoms with E-state index in [4.69, 9.17) is 9.47 Å². The van der Waals surface area contributed by atoms with Gasteiger partial charge in [0.1, 0.15) is 11.5 Å². The SMILES string of the molecule is COc1ccc(NBr)c(OC)c1. The van der Waals surface area contributed by atoms with Crippen LogP contribution >= 0.6 is 16.1 Å². The van der Waals surface area contributed by atoms with Crippen molar-refractivity contribution in [2.24, 2.45) is 0 Å². The average Bonchev–Trinajstić information content (AvgIpc) is 2.16. The maximum Gasteiger partial charge on any atom is 0.146 e. The molecule has 12 heavy (non-hydrogen) atoms. The van der Waals surface area contributed by atoms with Crippen LogP contribution in [0.25, 0.3) is 0 Å². The first kappa shape index (κ1) is 9.19. The first-order valence-corrected chi connectivity index (χ1v) is 4.19. The number of methoxy groups -OCH3 is 2. The molecular weight excluding hydrogens is 222 g/mol. The molecule has 0 heterocycles. The van der Waals surface area contributed by atoms with E-state index in [0.29, 0.717) is 0 Å². The van der Waals surface area contributed by atoms with Crippen molar-refractivity contribution in [2.45, 2.75) is 0 Å². The van der Waals surface area contributed by atoms with E-state index in [0.717, 1.165) is 17.2 Å². The van der Waals surface area contributed by atoms with Gasteiger partial charge in [-0.1, -0.05) is 0 Å². The molecule has 66 valence electrons. The molecule has 0 atom stereocenters. The molecule has 0 aliphatic heterocycles. The van der Waals surface area contributed by atoms with E-state index in [-0.39, 0.29) is 0 Å². The van der Waals surface area contributed by atoms with Crippen molar-refractivity contribution in [3.63, 3.8) is 0 Å². The molecule has 1 aromatic carbocycles. The van der Waals surface area contributed by atoms with Crippen molar-refractivity contribution < 1.29 is 9.47 Å². The highest BCUT2D eigenvalue weighted by Gasteiger charge is 2.02. The molecule has 0 aromatic heterocycles. The van der Waals surface area contributed by atoms with Gasteiger partial charge in [-0.15, -0.1) is 0 Å². The van der Waals surface area contributed by atoms with Gasteiger partial charge in [-0.2, -0.15) is 0 Å². The Hall–Kier alpha value is -0.900. The van der Waals surface area contributed by atoms with Crippen LogP contribution in [0.4, 0.5) is 5.69 Å². The third-order valence-corrected chi connectivity index (χ3v) is 1.94. The minimum absolute atomic E-state index is 0.742. The van der Waals surface area contributed by atoms with Crippen LogP contribution in [0.2, 0.25) is 0 Å². The molecule has 0 spiro atoms. The van der Waals surface area contributed by atoms with Crippen molar-refractivity contribution in [2.75, 3.05) is 18.6 Å². The highest BCUT2D eigenvalue weighted by atomic mass is 79.9. The number of ether oxygens (including phenoxy) is 2. The van der Waals surface area contributed by atoms with Gasteiger partial charge in [-0.05, 0) is 12.1 Å². The van der Waals surface area contributed by atoms with Gasteiger partial charge in [0.25, 0.3) is 0 Å². The lowest BCUT2D eigenvalue weighted by Crippen LogP contribution is -1.90. The van der Waals surface area contributed by atoms with Gasteiger partial charge in [0.15, 0.2) is 0 Å². The number of hydrogen-bond donors (Lipinski definition) is 1. The van der Waals surface area contributed by atoms with E-state index >= 15 is 0 Å². The maximum atomic E-state index is 5.11. The minimum atomic E-state index is 0.742. The summed E-state index contributed by atoms with van der Waals surface area (Å²) in [6, 6.07) is 5.53. The molecule has 1 N–H and O–H groups in total. The Morgan fingerprint density at radius 3 is 2.50 bits per heavy atom. The molecule has 0 radical (unpaired) electrons. The topological polar surface area (TPSA) is 30.5 Å². The van der Waals surface area contributed by atoms with Crippen LogP contribution in [0.15, 0.2) is 18.2 Å². The summed E-state index contributed by atoms with van der Waals surface area (Å²) in [5.74, 6) is 1.52. The summed E-state index contributed by atoms with van der Waals surface area (Å²) in [5.41, 5.74) is 0.873. The quantitative estimate of drug-likeness (QED) is 0.812. The monoisotopic (exact) mass is 231 g/mol. The zero-order valence-electron chi connectivity index (χ0n) is 6.93. The van der Waals surface area contributed by atoms with E-state index in [1.807, 2.05) is 18.2 Å². The Morgan fingerprint density at radius 1 is 1.25 bits per heavy atom. The lowest BCUT2D eigenvalue weighted by Gasteiger charge is -2.07. The number of hydrogen-bond acceptors (Lipinski definition) is 3. The van der Waals surface area contributed by atoms with E-state index in [1.54, 1.807) is 14.2 Å². The second-order valence-corrected chi connectivity index (χ2v) is 2.56. The average molecular weight is 232 g/mol. The summed E-state index contributed by atoms with van der Waals surface area (Å²) < 4.78 is 13.0. The zero-order chi connectivity index (χ0) is 8.97. The Bertz CT molecular complexity index is 265. The van der Waals surface area contributed by atoms with Crippen LogP contribution in [0, 0.1) is 0 Å². The van der Waals surface area contributed by atoms with Gasteiger partial charge in [-0.3, -0.25) is 0 Å². The zero-order valence-corrected chi connectivity index (χ0v) is 8.51. The fourth-order valence-corrected chi connectivity index (χ4v) is 1.20. The molecule has 4 heteroatoms. The second-order valence-electron chi connectivity index (χ2n) is 2.16. The van der Waals surface area contributed by atoms with Crippen LogP contribution in [0.1, 0.15) is 0 Å². The molecule has 0 fully saturated rings. The van der Waals surface area contributed by atoms with Gasteiger partial charge in [0.05, 0.1) is 19.9 Å². The van der Waals surface area contributed by atoms with Crippen LogP contribution in [-0.2, 0) is 0 Å². The van der Waals surface area contributed by atoms with E-state index in [2.05, 4.69) is 20.5 Å². The summed E-state index contributed by atoms with van der Waals surface area (Å²) in [4.78, 5) is 0. The number of halogens is 1. The number of rotatable bonds is 3. The lowest BCUT2D eigenvalue weighted by atomic mass is 10.3. The maximum absolute atomic E-state index is 5.11. The van der Waals surface area contributed by atoms with Crippen LogP contribution in [0.3, 0.4) is 0 Å². The predicted molar refractivity (Wildman–Crippen MR) is 52.1 cm³/mol. The van der Waals surface area contributed by atoms with E-state index < -0.39 is 0 Å². The summed E-state index contributed by atoms with van der Waals surface area (Å²) in [5, 5.41) is 0. The van der Waals surface area contributed by atoms with Gasteiger partial charge < -0.3 is 13.8 Å². The normalized spacial score (nSPS) is 9.25. The number of nitrogens with one attached hydrogen (secondary N) is 1. The predicted octanol–water partition coefficient (Wildman–Crippen LogP) is 2.43.